The molecule has 4 rings (SSSR count). The minimum Gasteiger partial charge on any atom is -0.494 e. The van der Waals surface area contributed by atoms with E-state index in [2.05, 4.69) is 11.1 Å². The first kappa shape index (κ1) is 8.82. The number of aromatic nitrogens is 2. The number of hydrogen-bond acceptors (Lipinski definition) is 2. The third kappa shape index (κ3) is 0.984. The summed E-state index contributed by atoms with van der Waals surface area (Å²) in [4.78, 5) is 4.39. The molecule has 0 amide bonds. The third-order valence-electron chi connectivity index (χ3n) is 3.37. The number of allylic oxidation sites excluding steroid dienone is 1. The Morgan fingerprint density at radius 1 is 1.12 bits per heavy atom. The van der Waals surface area contributed by atoms with Crippen molar-refractivity contribution in [3.8, 4) is 0 Å². The molecule has 1 N–H and O–H groups in total. The van der Waals surface area contributed by atoms with Crippen molar-refractivity contribution >= 4 is 27.7 Å². The summed E-state index contributed by atoms with van der Waals surface area (Å²) in [5, 5.41) is 12.4. The molecule has 3 heteroatoms. The molecular formula is C14H10N2O. The van der Waals surface area contributed by atoms with Crippen molar-refractivity contribution in [1.29, 1.82) is 0 Å². The van der Waals surface area contributed by atoms with Gasteiger partial charge in [0, 0.05) is 23.4 Å². The Hall–Kier alpha value is -2.29. The van der Waals surface area contributed by atoms with E-state index in [0.717, 1.165) is 27.5 Å². The van der Waals surface area contributed by atoms with Crippen LogP contribution in [0.15, 0.2) is 42.6 Å². The van der Waals surface area contributed by atoms with Gasteiger partial charge in [-0.2, -0.15) is 0 Å². The van der Waals surface area contributed by atoms with Crippen LogP contribution in [-0.2, 0) is 6.42 Å². The van der Waals surface area contributed by atoms with Crippen LogP contribution in [0.4, 0.5) is 0 Å². The van der Waals surface area contributed by atoms with Gasteiger partial charge in [-0.15, -0.1) is 0 Å². The molecule has 0 atom stereocenters. The van der Waals surface area contributed by atoms with Gasteiger partial charge in [0.1, 0.15) is 0 Å². The standard InChI is InChI=1S/C14H10N2O/c17-13-6-5-11-14-10(7-8-15-11)9-3-1-2-4-12(9)16(13)14/h1-4,6-8,17H,5H2. The molecule has 0 unspecified atom stereocenters. The first-order valence-corrected chi connectivity index (χ1v) is 5.63. The highest BCUT2D eigenvalue weighted by Gasteiger charge is 2.19. The maximum Gasteiger partial charge on any atom is 0.192 e. The number of aliphatic hydroxyl groups is 1. The molecule has 2 aromatic heterocycles. The predicted molar refractivity (Wildman–Crippen MR) is 67.8 cm³/mol. The van der Waals surface area contributed by atoms with Crippen LogP contribution in [0, 0.1) is 0 Å². The predicted octanol–water partition coefficient (Wildman–Crippen LogP) is 3.10. The quantitative estimate of drug-likeness (QED) is 0.634. The Kier molecular flexibility index (Phi) is 1.50. The lowest BCUT2D eigenvalue weighted by molar-refractivity contribution is 0.474. The molecule has 0 bridgehead atoms. The first-order valence-electron chi connectivity index (χ1n) is 5.63. The van der Waals surface area contributed by atoms with Gasteiger partial charge in [0.05, 0.1) is 16.7 Å². The van der Waals surface area contributed by atoms with E-state index >= 15 is 0 Å². The van der Waals surface area contributed by atoms with E-state index in [4.69, 9.17) is 0 Å². The third-order valence-corrected chi connectivity index (χ3v) is 3.37. The molecule has 3 heterocycles. The Bertz CT molecular complexity index is 783. The highest BCUT2D eigenvalue weighted by Crippen LogP contribution is 2.34. The van der Waals surface area contributed by atoms with Crippen LogP contribution in [0.25, 0.3) is 27.7 Å². The minimum absolute atomic E-state index is 0.303. The number of pyridine rings is 1. The molecule has 0 fully saturated rings. The Labute approximate surface area is 97.6 Å². The molecular weight excluding hydrogens is 212 g/mol. The second kappa shape index (κ2) is 2.88. The summed E-state index contributed by atoms with van der Waals surface area (Å²) in [6.07, 6.45) is 4.34. The number of aliphatic hydroxyl groups excluding tert-OH is 1. The van der Waals surface area contributed by atoms with Crippen molar-refractivity contribution in [2.75, 3.05) is 0 Å². The topological polar surface area (TPSA) is 38.1 Å². The molecule has 3 aromatic rings. The van der Waals surface area contributed by atoms with Gasteiger partial charge >= 0.3 is 0 Å². The summed E-state index contributed by atoms with van der Waals surface area (Å²) in [6.45, 7) is 0. The summed E-state index contributed by atoms with van der Waals surface area (Å²) in [5.41, 5.74) is 3.09. The lowest BCUT2D eigenvalue weighted by atomic mass is 10.1. The molecule has 0 aliphatic carbocycles. The van der Waals surface area contributed by atoms with E-state index in [1.54, 1.807) is 6.08 Å². The molecule has 17 heavy (non-hydrogen) atoms. The SMILES string of the molecule is OC1=CCc2nccc3c4ccccc4n1c23. The summed E-state index contributed by atoms with van der Waals surface area (Å²) < 4.78 is 1.89. The summed E-state index contributed by atoms with van der Waals surface area (Å²) >= 11 is 0. The van der Waals surface area contributed by atoms with Gasteiger partial charge in [-0.3, -0.25) is 9.55 Å². The monoisotopic (exact) mass is 222 g/mol. The van der Waals surface area contributed by atoms with Crippen molar-refractivity contribution in [3.05, 3.63) is 48.3 Å². The van der Waals surface area contributed by atoms with E-state index in [1.165, 1.54) is 0 Å². The lowest BCUT2D eigenvalue weighted by Gasteiger charge is -2.12. The number of nitrogens with zero attached hydrogens (tertiary/aromatic N) is 2. The van der Waals surface area contributed by atoms with E-state index in [0.29, 0.717) is 12.3 Å². The van der Waals surface area contributed by atoms with Gasteiger partial charge in [0.15, 0.2) is 5.88 Å². The molecule has 82 valence electrons. The Morgan fingerprint density at radius 3 is 2.94 bits per heavy atom. The molecule has 3 nitrogen and oxygen atoms in total. The van der Waals surface area contributed by atoms with Gasteiger partial charge in [-0.1, -0.05) is 18.2 Å². The normalized spacial score (nSPS) is 14.2. The van der Waals surface area contributed by atoms with Crippen LogP contribution in [-0.4, -0.2) is 14.7 Å². The second-order valence-corrected chi connectivity index (χ2v) is 4.27. The van der Waals surface area contributed by atoms with Crippen molar-refractivity contribution in [2.24, 2.45) is 0 Å². The molecule has 0 spiro atoms. The van der Waals surface area contributed by atoms with Gasteiger partial charge in [0.25, 0.3) is 0 Å². The van der Waals surface area contributed by atoms with Gasteiger partial charge in [0.2, 0.25) is 0 Å². The van der Waals surface area contributed by atoms with Crippen molar-refractivity contribution in [1.82, 2.24) is 9.55 Å². The summed E-state index contributed by atoms with van der Waals surface area (Å²) in [5.74, 6) is 0.303. The number of rotatable bonds is 0. The van der Waals surface area contributed by atoms with Crippen molar-refractivity contribution in [2.45, 2.75) is 6.42 Å². The molecule has 1 aliphatic rings. The number of hydrogen-bond donors (Lipinski definition) is 1. The molecule has 0 saturated carbocycles. The zero-order chi connectivity index (χ0) is 11.4. The fourth-order valence-corrected chi connectivity index (χ4v) is 2.65. The van der Waals surface area contributed by atoms with E-state index < -0.39 is 0 Å². The smallest absolute Gasteiger partial charge is 0.192 e. The molecule has 1 aromatic carbocycles. The average molecular weight is 222 g/mol. The maximum atomic E-state index is 10.1. The fraction of sp³-hybridized carbons (Fsp3) is 0.0714. The van der Waals surface area contributed by atoms with Gasteiger partial charge in [-0.25, -0.2) is 0 Å². The minimum atomic E-state index is 0.303. The van der Waals surface area contributed by atoms with Crippen LogP contribution in [0.2, 0.25) is 0 Å². The van der Waals surface area contributed by atoms with Gasteiger partial charge < -0.3 is 5.11 Å². The first-order chi connectivity index (χ1) is 8.36. The van der Waals surface area contributed by atoms with Crippen LogP contribution in [0.3, 0.4) is 0 Å². The van der Waals surface area contributed by atoms with Gasteiger partial charge in [-0.05, 0) is 18.2 Å². The van der Waals surface area contributed by atoms with E-state index in [1.807, 2.05) is 35.0 Å². The van der Waals surface area contributed by atoms with Crippen LogP contribution in [0.5, 0.6) is 0 Å². The highest BCUT2D eigenvalue weighted by atomic mass is 16.3. The van der Waals surface area contributed by atoms with Crippen molar-refractivity contribution in [3.63, 3.8) is 0 Å². The van der Waals surface area contributed by atoms with Crippen LogP contribution >= 0.6 is 0 Å². The van der Waals surface area contributed by atoms with E-state index in [9.17, 15) is 5.11 Å². The lowest BCUT2D eigenvalue weighted by Crippen LogP contribution is -2.05. The Balaban J connectivity index is 2.38. The summed E-state index contributed by atoms with van der Waals surface area (Å²) in [7, 11) is 0. The Morgan fingerprint density at radius 2 is 2.00 bits per heavy atom. The van der Waals surface area contributed by atoms with Crippen molar-refractivity contribution < 1.29 is 5.11 Å². The highest BCUT2D eigenvalue weighted by molar-refractivity contribution is 6.10. The largest absolute Gasteiger partial charge is 0.494 e. The maximum absolute atomic E-state index is 10.1. The second-order valence-electron chi connectivity index (χ2n) is 4.27. The number of fused-ring (bicyclic) bond motifs is 3. The van der Waals surface area contributed by atoms with Crippen LogP contribution in [0.1, 0.15) is 5.69 Å². The van der Waals surface area contributed by atoms with Crippen LogP contribution < -0.4 is 0 Å². The molecule has 1 aliphatic heterocycles. The zero-order valence-corrected chi connectivity index (χ0v) is 9.09. The fourth-order valence-electron chi connectivity index (χ4n) is 2.65. The zero-order valence-electron chi connectivity index (χ0n) is 9.09. The number of benzene rings is 1. The summed E-state index contributed by atoms with van der Waals surface area (Å²) in [6, 6.07) is 10.1. The number of para-hydroxylation sites is 1. The molecule has 0 saturated heterocycles. The van der Waals surface area contributed by atoms with E-state index in [-0.39, 0.29) is 0 Å². The molecule has 0 radical (unpaired) electrons. The average Bonchev–Trinajstić information content (AvgIpc) is 2.71.